The zero-order valence-electron chi connectivity index (χ0n) is 21.3. The second-order valence-electron chi connectivity index (χ2n) is 10.1. The highest BCUT2D eigenvalue weighted by Crippen LogP contribution is 2.40. The van der Waals surface area contributed by atoms with Crippen molar-refractivity contribution in [2.45, 2.75) is 56.6 Å². The van der Waals surface area contributed by atoms with Gasteiger partial charge in [-0.25, -0.2) is 0 Å². The molecule has 0 aliphatic carbocycles. The highest BCUT2D eigenvalue weighted by atomic mass is 32.1. The number of halogens is 3. The van der Waals surface area contributed by atoms with Crippen molar-refractivity contribution in [1.29, 1.82) is 5.26 Å². The molecule has 2 saturated heterocycles. The number of thiol groups is 1. The van der Waals surface area contributed by atoms with E-state index < -0.39 is 28.3 Å². The number of nitriles is 1. The number of carbonyl (C=O) groups excluding carboxylic acids is 1. The molecule has 4 rings (SSSR count). The first-order chi connectivity index (χ1) is 17.9. The quantitative estimate of drug-likeness (QED) is 0.379. The van der Waals surface area contributed by atoms with Crippen molar-refractivity contribution in [3.05, 3.63) is 59.2 Å². The highest BCUT2D eigenvalue weighted by molar-refractivity contribution is 7.81. The number of likely N-dealkylation sites (tertiary alicyclic amines) is 1. The van der Waals surface area contributed by atoms with Crippen molar-refractivity contribution in [2.24, 2.45) is 0 Å². The Bertz CT molecular complexity index is 1200. The summed E-state index contributed by atoms with van der Waals surface area (Å²) in [5.74, 6) is 0.339. The third-order valence-corrected chi connectivity index (χ3v) is 7.58. The Balaban J connectivity index is 1.36. The van der Waals surface area contributed by atoms with Crippen LogP contribution in [-0.2, 0) is 17.5 Å². The summed E-state index contributed by atoms with van der Waals surface area (Å²) < 4.78 is 46.3. The smallest absolute Gasteiger partial charge is 0.417 e. The van der Waals surface area contributed by atoms with Gasteiger partial charge in [-0.1, -0.05) is 12.1 Å². The number of aliphatic hydroxyl groups excluding tert-OH is 1. The van der Waals surface area contributed by atoms with Crippen molar-refractivity contribution in [1.82, 2.24) is 9.80 Å². The molecule has 1 amide bonds. The molecular formula is C27H31F3N4O3S. The maximum atomic E-state index is 13.5. The maximum Gasteiger partial charge on any atom is 0.417 e. The summed E-state index contributed by atoms with van der Waals surface area (Å²) in [6, 6.07) is 12.6. The summed E-state index contributed by atoms with van der Waals surface area (Å²) in [6.07, 6.45) is -3.61. The third kappa shape index (κ3) is 5.94. The summed E-state index contributed by atoms with van der Waals surface area (Å²) in [6.45, 7) is 6.59. The van der Waals surface area contributed by atoms with Gasteiger partial charge in [-0.3, -0.25) is 19.5 Å². The summed E-state index contributed by atoms with van der Waals surface area (Å²) in [7, 11) is 0. The zero-order valence-corrected chi connectivity index (χ0v) is 22.2. The topological polar surface area (TPSA) is 80.0 Å². The molecule has 2 heterocycles. The van der Waals surface area contributed by atoms with Crippen molar-refractivity contribution in [2.75, 3.05) is 31.1 Å². The van der Waals surface area contributed by atoms with E-state index >= 15 is 0 Å². The standard InChI is InChI=1S/C27H31F3N4O3S/c1-26(2)24(36)34(20-7-6-19(15-31)23(14-20)27(28,29)30)25(38)33(26)11-3-13-37-22-8-4-18(5-9-22)16-32-12-10-21(35)17-32/h4-9,14,21,25,35,38H,3,10-13,16-17H2,1-2H3. The van der Waals surface area contributed by atoms with Crippen LogP contribution in [0.5, 0.6) is 5.75 Å². The number of ether oxygens (including phenoxy) is 1. The molecular weight excluding hydrogens is 517 g/mol. The van der Waals surface area contributed by atoms with Crippen LogP contribution in [0.2, 0.25) is 0 Å². The van der Waals surface area contributed by atoms with Gasteiger partial charge in [-0.2, -0.15) is 18.4 Å². The molecule has 1 N–H and O–H groups in total. The number of nitrogens with zero attached hydrogens (tertiary/aromatic N) is 4. The fourth-order valence-electron chi connectivity index (χ4n) is 4.94. The molecule has 2 unspecified atom stereocenters. The van der Waals surface area contributed by atoms with E-state index in [1.807, 2.05) is 29.2 Å². The number of amides is 1. The molecule has 11 heteroatoms. The van der Waals surface area contributed by atoms with Crippen LogP contribution in [-0.4, -0.2) is 64.2 Å². The summed E-state index contributed by atoms with van der Waals surface area (Å²) >= 11 is 4.58. The lowest BCUT2D eigenvalue weighted by atomic mass is 10.0. The number of anilines is 1. The molecule has 204 valence electrons. The first-order valence-electron chi connectivity index (χ1n) is 12.4. The van der Waals surface area contributed by atoms with Gasteiger partial charge in [0.25, 0.3) is 0 Å². The Morgan fingerprint density at radius 1 is 1.21 bits per heavy atom. The minimum absolute atomic E-state index is 0.0386. The number of carbonyl (C=O) groups is 1. The van der Waals surface area contributed by atoms with E-state index in [2.05, 4.69) is 17.5 Å². The largest absolute Gasteiger partial charge is 0.494 e. The van der Waals surface area contributed by atoms with Crippen LogP contribution < -0.4 is 9.64 Å². The number of β-amino-alcohol motifs (C(OH)–C–C–N with tert-alkyl or cyclic N) is 1. The summed E-state index contributed by atoms with van der Waals surface area (Å²) in [5.41, 5.74) is -2.19. The van der Waals surface area contributed by atoms with Gasteiger partial charge in [-0.05, 0) is 62.6 Å². The van der Waals surface area contributed by atoms with E-state index in [-0.39, 0.29) is 17.7 Å². The molecule has 2 aliphatic rings. The van der Waals surface area contributed by atoms with E-state index in [4.69, 9.17) is 10.00 Å². The molecule has 2 aliphatic heterocycles. The van der Waals surface area contributed by atoms with Gasteiger partial charge in [0.1, 0.15) is 11.2 Å². The molecule has 0 spiro atoms. The van der Waals surface area contributed by atoms with Gasteiger partial charge in [-0.15, -0.1) is 12.6 Å². The Kier molecular flexibility index (Phi) is 8.28. The van der Waals surface area contributed by atoms with E-state index in [1.165, 1.54) is 11.0 Å². The molecule has 0 bridgehead atoms. The average Bonchev–Trinajstić information content (AvgIpc) is 3.34. The molecule has 0 radical (unpaired) electrons. The van der Waals surface area contributed by atoms with Crippen molar-refractivity contribution < 1.29 is 27.8 Å². The van der Waals surface area contributed by atoms with E-state index in [0.717, 1.165) is 37.2 Å². The summed E-state index contributed by atoms with van der Waals surface area (Å²) in [5, 5.41) is 18.7. The molecule has 2 atom stereocenters. The van der Waals surface area contributed by atoms with Crippen LogP contribution in [0.1, 0.15) is 43.4 Å². The van der Waals surface area contributed by atoms with Crippen molar-refractivity contribution in [3.8, 4) is 11.8 Å². The molecule has 0 aromatic heterocycles. The minimum atomic E-state index is -4.72. The monoisotopic (exact) mass is 548 g/mol. The van der Waals surface area contributed by atoms with Crippen LogP contribution in [0.25, 0.3) is 0 Å². The Morgan fingerprint density at radius 3 is 2.53 bits per heavy atom. The fourth-order valence-corrected chi connectivity index (χ4v) is 5.58. The molecule has 38 heavy (non-hydrogen) atoms. The lowest BCUT2D eigenvalue weighted by Gasteiger charge is -2.31. The second-order valence-corrected chi connectivity index (χ2v) is 10.6. The number of aliphatic hydroxyl groups is 1. The molecule has 7 nitrogen and oxygen atoms in total. The predicted molar refractivity (Wildman–Crippen MR) is 140 cm³/mol. The van der Waals surface area contributed by atoms with Gasteiger partial charge in [0.2, 0.25) is 5.91 Å². The minimum Gasteiger partial charge on any atom is -0.494 e. The molecule has 2 aromatic carbocycles. The van der Waals surface area contributed by atoms with Crippen LogP contribution in [0, 0.1) is 11.3 Å². The number of hydrogen-bond acceptors (Lipinski definition) is 7. The number of hydrogen-bond donors (Lipinski definition) is 2. The highest BCUT2D eigenvalue weighted by Gasteiger charge is 2.51. The normalized spacial score (nSPS) is 22.2. The first-order valence-corrected chi connectivity index (χ1v) is 13.0. The van der Waals surface area contributed by atoms with Gasteiger partial charge in [0.15, 0.2) is 0 Å². The Labute approximate surface area is 225 Å². The van der Waals surface area contributed by atoms with Gasteiger partial charge >= 0.3 is 6.18 Å². The van der Waals surface area contributed by atoms with Gasteiger partial charge in [0.05, 0.1) is 35.4 Å². The maximum absolute atomic E-state index is 13.5. The van der Waals surface area contributed by atoms with Crippen molar-refractivity contribution >= 4 is 24.2 Å². The second kappa shape index (κ2) is 11.1. The van der Waals surface area contributed by atoms with E-state index in [0.29, 0.717) is 31.9 Å². The average molecular weight is 549 g/mol. The van der Waals surface area contributed by atoms with Crippen LogP contribution in [0.4, 0.5) is 18.9 Å². The lowest BCUT2D eigenvalue weighted by Crippen LogP contribution is -2.45. The predicted octanol–water partition coefficient (Wildman–Crippen LogP) is 4.25. The summed E-state index contributed by atoms with van der Waals surface area (Å²) in [4.78, 5) is 18.5. The Morgan fingerprint density at radius 2 is 1.92 bits per heavy atom. The molecule has 2 aromatic rings. The van der Waals surface area contributed by atoms with Gasteiger partial charge in [0, 0.05) is 31.9 Å². The van der Waals surface area contributed by atoms with Gasteiger partial charge < -0.3 is 9.84 Å². The van der Waals surface area contributed by atoms with Crippen LogP contribution in [0.15, 0.2) is 42.5 Å². The number of rotatable bonds is 8. The molecule has 0 saturated carbocycles. The zero-order chi connectivity index (χ0) is 27.7. The number of benzene rings is 2. The van der Waals surface area contributed by atoms with E-state index in [1.54, 1.807) is 19.9 Å². The SMILES string of the molecule is CC1(C)C(=O)N(c2ccc(C#N)c(C(F)(F)F)c2)C(S)N1CCCOc1ccc(CN2CCC(O)C2)cc1. The van der Waals surface area contributed by atoms with Crippen LogP contribution in [0.3, 0.4) is 0 Å². The Hall–Kier alpha value is -2.78. The first kappa shape index (κ1) is 28.2. The molecule has 2 fully saturated rings. The van der Waals surface area contributed by atoms with Crippen LogP contribution >= 0.6 is 12.6 Å². The number of alkyl halides is 3. The van der Waals surface area contributed by atoms with Crippen molar-refractivity contribution in [3.63, 3.8) is 0 Å². The fraction of sp³-hybridized carbons (Fsp3) is 0.481. The third-order valence-electron chi connectivity index (χ3n) is 7.07. The van der Waals surface area contributed by atoms with E-state index in [9.17, 15) is 23.1 Å². The lowest BCUT2D eigenvalue weighted by molar-refractivity contribution is -0.137.